The van der Waals surface area contributed by atoms with Crippen molar-refractivity contribution in [1.29, 1.82) is 0 Å². The van der Waals surface area contributed by atoms with Crippen LogP contribution in [0.15, 0.2) is 30.3 Å². The summed E-state index contributed by atoms with van der Waals surface area (Å²) in [5, 5.41) is 12.5. The molecule has 122 valence electrons. The van der Waals surface area contributed by atoms with Gasteiger partial charge in [0, 0.05) is 12.0 Å². The van der Waals surface area contributed by atoms with Gasteiger partial charge < -0.3 is 20.1 Å². The maximum atomic E-state index is 10.3. The van der Waals surface area contributed by atoms with Crippen molar-refractivity contribution < 1.29 is 9.84 Å². The molecule has 0 aliphatic carbocycles. The van der Waals surface area contributed by atoms with Crippen LogP contribution >= 0.6 is 0 Å². The monoisotopic (exact) mass is 313 g/mol. The fraction of sp³-hybridized carbons (Fsp3) is 0.389. The van der Waals surface area contributed by atoms with Crippen LogP contribution in [-0.2, 0) is 17.9 Å². The van der Waals surface area contributed by atoms with Crippen molar-refractivity contribution in [2.45, 2.75) is 39.5 Å². The van der Waals surface area contributed by atoms with Gasteiger partial charge in [-0.3, -0.25) is 0 Å². The summed E-state index contributed by atoms with van der Waals surface area (Å²) in [5.74, 6) is 0.784. The zero-order valence-electron chi connectivity index (χ0n) is 13.8. The largest absolute Gasteiger partial charge is 0.397 e. The Morgan fingerprint density at radius 3 is 2.74 bits per heavy atom. The number of anilines is 1. The maximum absolute atomic E-state index is 10.3. The van der Waals surface area contributed by atoms with E-state index in [4.69, 9.17) is 10.5 Å². The highest BCUT2D eigenvalue weighted by atomic mass is 16.5. The van der Waals surface area contributed by atoms with Crippen LogP contribution in [0.1, 0.15) is 26.6 Å². The first-order valence-corrected chi connectivity index (χ1v) is 7.87. The Balaban J connectivity index is 2.32. The average molecular weight is 313 g/mol. The summed E-state index contributed by atoms with van der Waals surface area (Å²) in [6, 6.07) is 10.0. The molecule has 0 radical (unpaired) electrons. The van der Waals surface area contributed by atoms with E-state index in [0.717, 1.165) is 27.6 Å². The molecule has 0 spiro atoms. The van der Waals surface area contributed by atoms with Gasteiger partial charge in [-0.2, -0.15) is 0 Å². The zero-order valence-corrected chi connectivity index (χ0v) is 13.8. The number of nitrogen functional groups attached to an aromatic ring is 1. The van der Waals surface area contributed by atoms with Gasteiger partial charge in [0.25, 0.3) is 0 Å². The van der Waals surface area contributed by atoms with E-state index in [-0.39, 0.29) is 0 Å². The second kappa shape index (κ2) is 5.83. The number of ether oxygens (including phenoxy) is 1. The molecule has 2 aromatic carbocycles. The molecule has 0 atom stereocenters. The number of rotatable bonds is 5. The molecule has 0 unspecified atom stereocenters. The molecule has 0 saturated heterocycles. The third-order valence-corrected chi connectivity index (χ3v) is 3.83. The molecule has 0 amide bonds. The molecule has 5 heteroatoms. The van der Waals surface area contributed by atoms with Crippen molar-refractivity contribution >= 4 is 27.5 Å². The van der Waals surface area contributed by atoms with Crippen LogP contribution in [0.25, 0.3) is 21.8 Å². The number of nitrogens with two attached hydrogens (primary N) is 1. The quantitative estimate of drug-likeness (QED) is 0.710. The van der Waals surface area contributed by atoms with Crippen molar-refractivity contribution in [2.75, 3.05) is 12.3 Å². The Labute approximate surface area is 135 Å². The van der Waals surface area contributed by atoms with Crippen LogP contribution in [0, 0.1) is 0 Å². The van der Waals surface area contributed by atoms with Crippen molar-refractivity contribution in [3.05, 3.63) is 36.2 Å². The van der Waals surface area contributed by atoms with E-state index in [2.05, 4.69) is 11.1 Å². The van der Waals surface area contributed by atoms with Gasteiger partial charge in [-0.25, -0.2) is 4.98 Å². The van der Waals surface area contributed by atoms with E-state index in [1.807, 2.05) is 35.8 Å². The second-order valence-electron chi connectivity index (χ2n) is 6.45. The number of aliphatic hydroxyl groups is 1. The Bertz CT molecular complexity index is 847. The van der Waals surface area contributed by atoms with Crippen LogP contribution in [-0.4, -0.2) is 26.9 Å². The highest BCUT2D eigenvalue weighted by Crippen LogP contribution is 2.32. The number of hydrogen-bond acceptors (Lipinski definition) is 4. The van der Waals surface area contributed by atoms with E-state index < -0.39 is 5.60 Å². The number of hydrogen-bond donors (Lipinski definition) is 2. The number of nitrogens with zero attached hydrogens (tertiary/aromatic N) is 2. The summed E-state index contributed by atoms with van der Waals surface area (Å²) in [5.41, 5.74) is 7.72. The molecule has 1 heterocycles. The predicted molar refractivity (Wildman–Crippen MR) is 93.3 cm³/mol. The summed E-state index contributed by atoms with van der Waals surface area (Å²) < 4.78 is 7.58. The highest BCUT2D eigenvalue weighted by molar-refractivity contribution is 6.09. The van der Waals surface area contributed by atoms with E-state index in [1.165, 1.54) is 0 Å². The first-order valence-electron chi connectivity index (χ1n) is 7.87. The maximum Gasteiger partial charge on any atom is 0.136 e. The van der Waals surface area contributed by atoms with Gasteiger partial charge in [0.15, 0.2) is 0 Å². The lowest BCUT2D eigenvalue weighted by Crippen LogP contribution is -2.27. The Kier molecular flexibility index (Phi) is 4.00. The van der Waals surface area contributed by atoms with Gasteiger partial charge >= 0.3 is 0 Å². The minimum atomic E-state index is -0.861. The van der Waals surface area contributed by atoms with Gasteiger partial charge in [0.1, 0.15) is 17.9 Å². The summed E-state index contributed by atoms with van der Waals surface area (Å²) in [6.45, 7) is 6.97. The molecule has 3 rings (SSSR count). The van der Waals surface area contributed by atoms with Crippen LogP contribution in [0.4, 0.5) is 5.69 Å². The SMILES string of the molecule is CCOCc1nc2c(N)cc3ccccc3c2n1CC(C)(C)O. The topological polar surface area (TPSA) is 73.3 Å². The molecule has 0 aliphatic heterocycles. The fourth-order valence-electron chi connectivity index (χ4n) is 2.91. The predicted octanol–water partition coefficient (Wildman–Crippen LogP) is 3.08. The summed E-state index contributed by atoms with van der Waals surface area (Å²) in [7, 11) is 0. The van der Waals surface area contributed by atoms with E-state index >= 15 is 0 Å². The van der Waals surface area contributed by atoms with Gasteiger partial charge in [0.2, 0.25) is 0 Å². The van der Waals surface area contributed by atoms with Gasteiger partial charge in [-0.15, -0.1) is 0 Å². The minimum absolute atomic E-state index is 0.398. The highest BCUT2D eigenvalue weighted by Gasteiger charge is 2.21. The lowest BCUT2D eigenvalue weighted by Gasteiger charge is -2.20. The zero-order chi connectivity index (χ0) is 16.6. The van der Waals surface area contributed by atoms with Gasteiger partial charge in [-0.05, 0) is 32.2 Å². The molecule has 3 N–H and O–H groups in total. The van der Waals surface area contributed by atoms with Gasteiger partial charge in [0.05, 0.1) is 23.3 Å². The molecule has 0 aliphatic rings. The Morgan fingerprint density at radius 2 is 2.04 bits per heavy atom. The molecule has 0 fully saturated rings. The van der Waals surface area contributed by atoms with Crippen molar-refractivity contribution in [2.24, 2.45) is 0 Å². The molecule has 3 aromatic rings. The lowest BCUT2D eigenvalue weighted by molar-refractivity contribution is 0.0582. The van der Waals surface area contributed by atoms with E-state index in [9.17, 15) is 5.11 Å². The van der Waals surface area contributed by atoms with Crippen LogP contribution in [0.5, 0.6) is 0 Å². The molecule has 0 bridgehead atoms. The number of imidazole rings is 1. The smallest absolute Gasteiger partial charge is 0.136 e. The Hall–Kier alpha value is -2.11. The third-order valence-electron chi connectivity index (χ3n) is 3.83. The first-order chi connectivity index (χ1) is 10.9. The molecule has 1 aromatic heterocycles. The van der Waals surface area contributed by atoms with Crippen molar-refractivity contribution in [3.63, 3.8) is 0 Å². The summed E-state index contributed by atoms with van der Waals surface area (Å²) in [4.78, 5) is 4.69. The molecule has 23 heavy (non-hydrogen) atoms. The summed E-state index contributed by atoms with van der Waals surface area (Å²) in [6.07, 6.45) is 0. The van der Waals surface area contributed by atoms with E-state index in [1.54, 1.807) is 13.8 Å². The fourth-order valence-corrected chi connectivity index (χ4v) is 2.91. The van der Waals surface area contributed by atoms with Crippen molar-refractivity contribution in [1.82, 2.24) is 9.55 Å². The molecular formula is C18H23N3O2. The Morgan fingerprint density at radius 1 is 1.30 bits per heavy atom. The van der Waals surface area contributed by atoms with Gasteiger partial charge in [-0.1, -0.05) is 24.3 Å². The average Bonchev–Trinajstić information content (AvgIpc) is 2.83. The third kappa shape index (κ3) is 3.02. The van der Waals surface area contributed by atoms with Crippen molar-refractivity contribution in [3.8, 4) is 0 Å². The number of fused-ring (bicyclic) bond motifs is 3. The summed E-state index contributed by atoms with van der Waals surface area (Å²) >= 11 is 0. The molecular weight excluding hydrogens is 290 g/mol. The molecule has 5 nitrogen and oxygen atoms in total. The van der Waals surface area contributed by atoms with Crippen LogP contribution < -0.4 is 5.73 Å². The second-order valence-corrected chi connectivity index (χ2v) is 6.45. The standard InChI is InChI=1S/C18H23N3O2/c1-4-23-10-15-20-16-14(19)9-12-7-5-6-8-13(12)17(16)21(15)11-18(2,3)22/h5-9,22H,4,10-11,19H2,1-3H3. The first kappa shape index (κ1) is 15.8. The van der Waals surface area contributed by atoms with E-state index in [0.29, 0.717) is 25.4 Å². The lowest BCUT2D eigenvalue weighted by atomic mass is 10.1. The number of benzene rings is 2. The normalized spacial score (nSPS) is 12.3. The minimum Gasteiger partial charge on any atom is -0.397 e. The van der Waals surface area contributed by atoms with Crippen LogP contribution in [0.2, 0.25) is 0 Å². The number of aromatic nitrogens is 2. The van der Waals surface area contributed by atoms with Crippen LogP contribution in [0.3, 0.4) is 0 Å². The molecule has 0 saturated carbocycles.